The molecule has 142 valence electrons. The van der Waals surface area contributed by atoms with Gasteiger partial charge < -0.3 is 10.5 Å². The molecule has 1 aliphatic carbocycles. The van der Waals surface area contributed by atoms with Crippen LogP contribution in [0.2, 0.25) is 0 Å². The van der Waals surface area contributed by atoms with E-state index in [2.05, 4.69) is 15.2 Å². The average molecular weight is 418 g/mol. The van der Waals surface area contributed by atoms with E-state index in [-0.39, 0.29) is 37.2 Å². The van der Waals surface area contributed by atoms with Crippen LogP contribution in [0.5, 0.6) is 5.75 Å². The third kappa shape index (κ3) is 4.41. The summed E-state index contributed by atoms with van der Waals surface area (Å²) in [7, 11) is 0. The molecule has 26 heavy (non-hydrogen) atoms. The van der Waals surface area contributed by atoms with E-state index in [1.165, 1.54) is 0 Å². The van der Waals surface area contributed by atoms with Gasteiger partial charge in [-0.05, 0) is 50.5 Å². The number of nitrogens with two attached hydrogens (primary N) is 1. The van der Waals surface area contributed by atoms with Crippen molar-refractivity contribution in [2.75, 3.05) is 0 Å². The van der Waals surface area contributed by atoms with Gasteiger partial charge in [0, 0.05) is 17.3 Å². The Morgan fingerprint density at radius 2 is 1.81 bits per heavy atom. The lowest BCUT2D eigenvalue weighted by Gasteiger charge is -2.19. The van der Waals surface area contributed by atoms with Crippen molar-refractivity contribution >= 4 is 48.1 Å². The van der Waals surface area contributed by atoms with Crippen LogP contribution in [0.1, 0.15) is 32.3 Å². The second kappa shape index (κ2) is 8.44. The molecule has 3 N–H and O–H groups in total. The van der Waals surface area contributed by atoms with Crippen molar-refractivity contribution in [2.45, 2.75) is 38.3 Å². The number of halogens is 3. The van der Waals surface area contributed by atoms with E-state index < -0.39 is 5.54 Å². The normalized spacial score (nSPS) is 13.3. The molecule has 3 aromatic rings. The van der Waals surface area contributed by atoms with Crippen molar-refractivity contribution in [1.82, 2.24) is 15.2 Å². The smallest absolute Gasteiger partial charge is 0.140 e. The number of nitrogens with one attached hydrogen (secondary N) is 1. The maximum atomic E-state index is 6.16. The van der Waals surface area contributed by atoms with E-state index in [4.69, 9.17) is 10.5 Å². The summed E-state index contributed by atoms with van der Waals surface area (Å²) in [6.07, 6.45) is 6.20. The zero-order chi connectivity index (χ0) is 16.0. The number of H-pyrrole nitrogens is 1. The minimum Gasteiger partial charge on any atom is -0.489 e. The average Bonchev–Trinajstić information content (AvgIpc) is 3.21. The van der Waals surface area contributed by atoms with Crippen LogP contribution in [0.3, 0.4) is 0 Å². The first-order valence-corrected chi connectivity index (χ1v) is 7.91. The molecule has 8 heteroatoms. The number of pyridine rings is 1. The van der Waals surface area contributed by atoms with Gasteiger partial charge in [-0.3, -0.25) is 10.1 Å². The molecular formula is C18H23Cl3N4O. The highest BCUT2D eigenvalue weighted by atomic mass is 35.5. The van der Waals surface area contributed by atoms with E-state index >= 15 is 0 Å². The number of hydrogen-bond acceptors (Lipinski definition) is 4. The van der Waals surface area contributed by atoms with Crippen LogP contribution in [-0.2, 0) is 5.54 Å². The number of benzene rings is 1. The Bertz CT molecular complexity index is 855. The van der Waals surface area contributed by atoms with Crippen molar-refractivity contribution in [1.29, 1.82) is 0 Å². The maximum Gasteiger partial charge on any atom is 0.140 e. The van der Waals surface area contributed by atoms with Crippen LogP contribution in [0, 0.1) is 0 Å². The van der Waals surface area contributed by atoms with Gasteiger partial charge in [0.2, 0.25) is 0 Å². The van der Waals surface area contributed by atoms with Crippen LogP contribution < -0.4 is 10.5 Å². The Kier molecular flexibility index (Phi) is 7.31. The molecule has 0 unspecified atom stereocenters. The number of ether oxygens (including phenoxy) is 1. The van der Waals surface area contributed by atoms with E-state index in [1.54, 1.807) is 0 Å². The minimum atomic E-state index is -0.395. The van der Waals surface area contributed by atoms with Crippen molar-refractivity contribution in [3.8, 4) is 17.0 Å². The molecule has 0 bridgehead atoms. The standard InChI is InChI=1S/C18H20N4O.3ClH/c1-18(2,19)11-3-7-15(20-9-11)13-6-8-16-14(10-21-22-16)17(13)23-12-4-5-12;;;/h3,6-10,12H,4-5,19H2,1-2H3,(H,21,22);3*1H. The van der Waals surface area contributed by atoms with E-state index in [9.17, 15) is 0 Å². The van der Waals surface area contributed by atoms with E-state index in [0.29, 0.717) is 6.10 Å². The molecule has 1 fully saturated rings. The largest absolute Gasteiger partial charge is 0.489 e. The molecule has 0 atom stereocenters. The second-order valence-electron chi connectivity index (χ2n) is 6.74. The molecule has 0 aliphatic heterocycles. The number of aromatic nitrogens is 3. The Morgan fingerprint density at radius 3 is 2.38 bits per heavy atom. The van der Waals surface area contributed by atoms with Crippen LogP contribution in [-0.4, -0.2) is 21.3 Å². The summed E-state index contributed by atoms with van der Waals surface area (Å²) in [4.78, 5) is 4.60. The van der Waals surface area contributed by atoms with Gasteiger partial charge in [0.25, 0.3) is 0 Å². The van der Waals surface area contributed by atoms with Crippen molar-refractivity contribution in [2.24, 2.45) is 5.73 Å². The first kappa shape index (κ1) is 22.5. The van der Waals surface area contributed by atoms with Gasteiger partial charge in [0.1, 0.15) is 5.75 Å². The monoisotopic (exact) mass is 416 g/mol. The fourth-order valence-electron chi connectivity index (χ4n) is 2.61. The number of hydrogen-bond donors (Lipinski definition) is 2. The molecule has 1 saturated carbocycles. The van der Waals surface area contributed by atoms with Gasteiger partial charge >= 0.3 is 0 Å². The predicted molar refractivity (Wildman–Crippen MR) is 112 cm³/mol. The zero-order valence-corrected chi connectivity index (χ0v) is 17.0. The highest BCUT2D eigenvalue weighted by Crippen LogP contribution is 2.39. The van der Waals surface area contributed by atoms with E-state index in [1.807, 2.05) is 50.5 Å². The second-order valence-corrected chi connectivity index (χ2v) is 6.74. The third-order valence-corrected chi connectivity index (χ3v) is 4.17. The molecule has 0 amide bonds. The van der Waals surface area contributed by atoms with Gasteiger partial charge in [0.15, 0.2) is 0 Å². The quantitative estimate of drug-likeness (QED) is 0.649. The number of rotatable bonds is 4. The lowest BCUT2D eigenvalue weighted by molar-refractivity contribution is 0.308. The summed E-state index contributed by atoms with van der Waals surface area (Å²) in [5.41, 5.74) is 9.60. The molecule has 4 rings (SSSR count). The van der Waals surface area contributed by atoms with Gasteiger partial charge in [-0.2, -0.15) is 5.10 Å². The van der Waals surface area contributed by atoms with E-state index in [0.717, 1.165) is 46.3 Å². The number of fused-ring (bicyclic) bond motifs is 1. The summed E-state index contributed by atoms with van der Waals surface area (Å²) in [6, 6.07) is 8.08. The Balaban J connectivity index is 0.00000113. The fraction of sp³-hybridized carbons (Fsp3) is 0.333. The predicted octanol–water partition coefficient (Wildman–Crippen LogP) is 4.63. The number of aromatic amines is 1. The Morgan fingerprint density at radius 1 is 1.08 bits per heavy atom. The summed E-state index contributed by atoms with van der Waals surface area (Å²) in [5, 5.41) is 8.12. The number of nitrogens with zero attached hydrogens (tertiary/aromatic N) is 2. The molecule has 0 spiro atoms. The Hall–Kier alpha value is -1.53. The molecule has 0 saturated heterocycles. The first-order chi connectivity index (χ1) is 11.0. The molecule has 1 aliphatic rings. The molecule has 1 aromatic carbocycles. The minimum absolute atomic E-state index is 0. The van der Waals surface area contributed by atoms with Crippen LogP contribution in [0.4, 0.5) is 0 Å². The fourth-order valence-corrected chi connectivity index (χ4v) is 2.61. The first-order valence-electron chi connectivity index (χ1n) is 7.91. The molecular weight excluding hydrogens is 395 g/mol. The zero-order valence-electron chi connectivity index (χ0n) is 14.6. The summed E-state index contributed by atoms with van der Waals surface area (Å²) < 4.78 is 6.16. The molecule has 5 nitrogen and oxygen atoms in total. The third-order valence-electron chi connectivity index (χ3n) is 4.17. The molecule has 0 radical (unpaired) electrons. The van der Waals surface area contributed by atoms with Gasteiger partial charge in [-0.25, -0.2) is 0 Å². The van der Waals surface area contributed by atoms with Crippen molar-refractivity contribution in [3.05, 3.63) is 42.2 Å². The SMILES string of the molecule is CC(C)(N)c1ccc(-c2ccc3[nH]ncc3c2OC2CC2)nc1.Cl.Cl.Cl. The van der Waals surface area contributed by atoms with Crippen molar-refractivity contribution < 1.29 is 4.74 Å². The van der Waals surface area contributed by atoms with Gasteiger partial charge in [-0.15, -0.1) is 37.2 Å². The summed E-state index contributed by atoms with van der Waals surface area (Å²) in [5.74, 6) is 0.867. The highest BCUT2D eigenvalue weighted by molar-refractivity contribution is 5.92. The van der Waals surface area contributed by atoms with Crippen LogP contribution in [0.15, 0.2) is 36.7 Å². The Labute approximate surface area is 171 Å². The molecule has 2 aromatic heterocycles. The molecule has 2 heterocycles. The lowest BCUT2D eigenvalue weighted by Crippen LogP contribution is -2.28. The van der Waals surface area contributed by atoms with Gasteiger partial charge in [0.05, 0.1) is 28.9 Å². The summed E-state index contributed by atoms with van der Waals surface area (Å²) >= 11 is 0. The van der Waals surface area contributed by atoms with Crippen LogP contribution >= 0.6 is 37.2 Å². The van der Waals surface area contributed by atoms with Crippen molar-refractivity contribution in [3.63, 3.8) is 0 Å². The van der Waals surface area contributed by atoms with Gasteiger partial charge in [-0.1, -0.05) is 6.07 Å². The lowest BCUT2D eigenvalue weighted by atomic mass is 9.96. The highest BCUT2D eigenvalue weighted by Gasteiger charge is 2.26. The topological polar surface area (TPSA) is 76.8 Å². The van der Waals surface area contributed by atoms with Crippen LogP contribution in [0.25, 0.3) is 22.2 Å². The maximum absolute atomic E-state index is 6.16. The summed E-state index contributed by atoms with van der Waals surface area (Å²) in [6.45, 7) is 3.95.